The normalized spacial score (nSPS) is 10.8. The molecule has 0 bridgehead atoms. The molecule has 2 heterocycles. The number of rotatable bonds is 5. The van der Waals surface area contributed by atoms with Crippen molar-refractivity contribution < 1.29 is 14.5 Å². The number of non-ortho nitro benzene ring substituents is 1. The van der Waals surface area contributed by atoms with Crippen molar-refractivity contribution in [2.75, 3.05) is 11.1 Å². The van der Waals surface area contributed by atoms with Crippen molar-refractivity contribution in [1.82, 2.24) is 4.40 Å². The van der Waals surface area contributed by atoms with Gasteiger partial charge < -0.3 is 15.5 Å². The summed E-state index contributed by atoms with van der Waals surface area (Å²) in [4.78, 5) is 36.6. The smallest absolute Gasteiger partial charge is 0.269 e. The summed E-state index contributed by atoms with van der Waals surface area (Å²) in [7, 11) is 0. The molecule has 0 atom stereocenters. The predicted octanol–water partition coefficient (Wildman–Crippen LogP) is 5.22. The third kappa shape index (κ3) is 3.77. The Labute approximate surface area is 191 Å². The first-order chi connectivity index (χ1) is 15.3. The van der Waals surface area contributed by atoms with Crippen molar-refractivity contribution in [3.63, 3.8) is 0 Å². The molecule has 0 spiro atoms. The number of anilines is 2. The highest BCUT2D eigenvalue weighted by Crippen LogP contribution is 2.31. The van der Waals surface area contributed by atoms with Crippen molar-refractivity contribution in [3.05, 3.63) is 104 Å². The zero-order chi connectivity index (χ0) is 23.0. The summed E-state index contributed by atoms with van der Waals surface area (Å²) < 4.78 is 1.52. The fourth-order valence-corrected chi connectivity index (χ4v) is 3.64. The number of hydrogen-bond acceptors (Lipinski definition) is 5. The van der Waals surface area contributed by atoms with Gasteiger partial charge in [-0.15, -0.1) is 0 Å². The number of nitrogens with zero attached hydrogens (tertiary/aromatic N) is 2. The minimum absolute atomic E-state index is 0.0166. The molecule has 0 aliphatic heterocycles. The van der Waals surface area contributed by atoms with Gasteiger partial charge in [-0.25, -0.2) is 0 Å². The average molecular weight is 469 g/mol. The van der Waals surface area contributed by atoms with E-state index in [4.69, 9.17) is 28.9 Å². The minimum atomic E-state index is -0.555. The molecule has 4 aromatic rings. The van der Waals surface area contributed by atoms with E-state index in [0.29, 0.717) is 16.2 Å². The molecule has 10 heteroatoms. The summed E-state index contributed by atoms with van der Waals surface area (Å²) in [6.45, 7) is 0. The van der Waals surface area contributed by atoms with E-state index in [9.17, 15) is 19.7 Å². The molecule has 0 fully saturated rings. The quantitative estimate of drug-likeness (QED) is 0.236. The van der Waals surface area contributed by atoms with Gasteiger partial charge >= 0.3 is 0 Å². The summed E-state index contributed by atoms with van der Waals surface area (Å²) in [5.74, 6) is -1.01. The van der Waals surface area contributed by atoms with Crippen molar-refractivity contribution in [1.29, 1.82) is 0 Å². The second-order valence-electron chi connectivity index (χ2n) is 6.81. The van der Waals surface area contributed by atoms with Gasteiger partial charge in [-0.3, -0.25) is 19.7 Å². The van der Waals surface area contributed by atoms with Crippen LogP contribution < -0.4 is 11.1 Å². The molecule has 0 aliphatic rings. The molecule has 0 saturated heterocycles. The Morgan fingerprint density at radius 1 is 1.00 bits per heavy atom. The van der Waals surface area contributed by atoms with Crippen LogP contribution in [0.4, 0.5) is 17.1 Å². The van der Waals surface area contributed by atoms with Gasteiger partial charge in [0.25, 0.3) is 11.6 Å². The van der Waals surface area contributed by atoms with Crippen LogP contribution in [0.3, 0.4) is 0 Å². The topological polar surface area (TPSA) is 120 Å². The first-order valence-electron chi connectivity index (χ1n) is 9.22. The number of nitro benzene ring substituents is 1. The number of ketones is 1. The Morgan fingerprint density at radius 2 is 1.72 bits per heavy atom. The number of nitrogen functional groups attached to an aromatic ring is 1. The molecule has 160 valence electrons. The van der Waals surface area contributed by atoms with E-state index in [1.807, 2.05) is 0 Å². The van der Waals surface area contributed by atoms with Crippen LogP contribution in [-0.2, 0) is 0 Å². The van der Waals surface area contributed by atoms with E-state index < -0.39 is 16.6 Å². The lowest BCUT2D eigenvalue weighted by atomic mass is 10.1. The zero-order valence-electron chi connectivity index (χ0n) is 16.2. The number of fused-ring (bicyclic) bond motifs is 1. The molecule has 3 N–H and O–H groups in total. The molecule has 0 radical (unpaired) electrons. The Kier molecular flexibility index (Phi) is 5.56. The van der Waals surface area contributed by atoms with Gasteiger partial charge in [0.2, 0.25) is 5.78 Å². The molecule has 4 rings (SSSR count). The summed E-state index contributed by atoms with van der Waals surface area (Å²) in [6, 6.07) is 14.9. The molecular formula is C22H14Cl2N4O4. The fourth-order valence-electron chi connectivity index (χ4n) is 3.34. The van der Waals surface area contributed by atoms with Gasteiger partial charge in [0, 0.05) is 29.6 Å². The van der Waals surface area contributed by atoms with Gasteiger partial charge in [0.05, 0.1) is 31.7 Å². The number of carbonyl (C=O) groups excluding carboxylic acids is 2. The Balaban J connectivity index is 1.77. The van der Waals surface area contributed by atoms with Crippen molar-refractivity contribution in [2.45, 2.75) is 0 Å². The van der Waals surface area contributed by atoms with Crippen LogP contribution in [0.1, 0.15) is 26.4 Å². The van der Waals surface area contributed by atoms with E-state index in [-0.39, 0.29) is 33.2 Å². The maximum atomic E-state index is 13.2. The monoisotopic (exact) mass is 468 g/mol. The maximum Gasteiger partial charge on any atom is 0.269 e. The fraction of sp³-hybridized carbons (Fsp3) is 0. The van der Waals surface area contributed by atoms with Crippen molar-refractivity contribution in [3.8, 4) is 0 Å². The number of nitrogens with two attached hydrogens (primary N) is 1. The highest BCUT2D eigenvalue weighted by atomic mass is 35.5. The number of nitrogens with one attached hydrogen (secondary N) is 1. The molecule has 1 amide bonds. The lowest BCUT2D eigenvalue weighted by Gasteiger charge is -2.07. The number of benzene rings is 2. The van der Waals surface area contributed by atoms with E-state index in [0.717, 1.165) is 0 Å². The minimum Gasteiger partial charge on any atom is -0.396 e. The maximum absolute atomic E-state index is 13.2. The zero-order valence-corrected chi connectivity index (χ0v) is 17.7. The van der Waals surface area contributed by atoms with Crippen LogP contribution in [0.25, 0.3) is 5.52 Å². The van der Waals surface area contributed by atoms with Crippen LogP contribution in [-0.4, -0.2) is 21.0 Å². The number of carbonyl (C=O) groups is 2. The average Bonchev–Trinajstić information content (AvgIpc) is 3.07. The lowest BCUT2D eigenvalue weighted by Crippen LogP contribution is -2.14. The SMILES string of the molecule is Nc1c(C(=O)Nc2ccc(Cl)c(Cl)c2)c2ccccn2c1C(=O)c1ccc([N+](=O)[O-])cc1. The largest absolute Gasteiger partial charge is 0.396 e. The number of amides is 1. The van der Waals surface area contributed by atoms with E-state index in [2.05, 4.69) is 5.32 Å². The molecule has 8 nitrogen and oxygen atoms in total. The lowest BCUT2D eigenvalue weighted by molar-refractivity contribution is -0.384. The third-order valence-electron chi connectivity index (χ3n) is 4.84. The molecular weight excluding hydrogens is 455 g/mol. The number of hydrogen-bond donors (Lipinski definition) is 2. The highest BCUT2D eigenvalue weighted by Gasteiger charge is 2.26. The summed E-state index contributed by atoms with van der Waals surface area (Å²) in [5, 5.41) is 14.2. The molecule has 32 heavy (non-hydrogen) atoms. The predicted molar refractivity (Wildman–Crippen MR) is 123 cm³/mol. The molecule has 2 aromatic heterocycles. The summed E-state index contributed by atoms with van der Waals surface area (Å²) in [5.41, 5.74) is 7.34. The molecule has 2 aromatic carbocycles. The van der Waals surface area contributed by atoms with Crippen LogP contribution >= 0.6 is 23.2 Å². The number of aromatic nitrogens is 1. The third-order valence-corrected chi connectivity index (χ3v) is 5.58. The van der Waals surface area contributed by atoms with Gasteiger partial charge in [-0.1, -0.05) is 29.3 Å². The molecule has 0 aliphatic carbocycles. The van der Waals surface area contributed by atoms with Crippen molar-refractivity contribution in [2.24, 2.45) is 0 Å². The molecule has 0 unspecified atom stereocenters. The Hall–Kier alpha value is -3.88. The summed E-state index contributed by atoms with van der Waals surface area (Å²) in [6.07, 6.45) is 1.61. The Morgan fingerprint density at radius 3 is 2.38 bits per heavy atom. The number of pyridine rings is 1. The van der Waals surface area contributed by atoms with Crippen LogP contribution in [0.5, 0.6) is 0 Å². The van der Waals surface area contributed by atoms with Crippen LogP contribution in [0.2, 0.25) is 10.0 Å². The van der Waals surface area contributed by atoms with Gasteiger partial charge in [0.1, 0.15) is 5.69 Å². The van der Waals surface area contributed by atoms with Crippen LogP contribution in [0, 0.1) is 10.1 Å². The highest BCUT2D eigenvalue weighted by molar-refractivity contribution is 6.42. The van der Waals surface area contributed by atoms with Crippen molar-refractivity contribution >= 4 is 57.5 Å². The second kappa shape index (κ2) is 8.33. The molecule has 0 saturated carbocycles. The summed E-state index contributed by atoms with van der Waals surface area (Å²) >= 11 is 11.9. The van der Waals surface area contributed by atoms with E-state index >= 15 is 0 Å². The van der Waals surface area contributed by atoms with Crippen LogP contribution in [0.15, 0.2) is 66.9 Å². The first-order valence-corrected chi connectivity index (χ1v) is 9.97. The van der Waals surface area contributed by atoms with E-state index in [1.54, 1.807) is 36.5 Å². The van der Waals surface area contributed by atoms with Gasteiger partial charge in [0.15, 0.2) is 0 Å². The Bertz CT molecular complexity index is 1400. The number of nitro groups is 1. The number of halogens is 2. The second-order valence-corrected chi connectivity index (χ2v) is 7.62. The van der Waals surface area contributed by atoms with Gasteiger partial charge in [-0.05, 0) is 42.5 Å². The van der Waals surface area contributed by atoms with Gasteiger partial charge in [-0.2, -0.15) is 0 Å². The first kappa shape index (κ1) is 21.4. The standard InChI is InChI=1S/C22H14Cl2N4O4/c23-15-9-6-13(11-16(15)24)26-22(30)18-17-3-1-2-10-27(17)20(19(18)25)21(29)12-4-7-14(8-5-12)28(31)32/h1-11H,25H2,(H,26,30). The van der Waals surface area contributed by atoms with E-state index in [1.165, 1.54) is 34.7 Å².